The summed E-state index contributed by atoms with van der Waals surface area (Å²) in [4.78, 5) is 25.4. The number of ether oxygens (including phenoxy) is 1. The van der Waals surface area contributed by atoms with Gasteiger partial charge in [-0.2, -0.15) is 13.2 Å². The smallest absolute Gasteiger partial charge is 0.416 e. The quantitative estimate of drug-likeness (QED) is 0.341. The first kappa shape index (κ1) is 25.5. The lowest BCUT2D eigenvalue weighted by molar-refractivity contribution is -0.137. The van der Waals surface area contributed by atoms with Gasteiger partial charge in [0, 0.05) is 10.6 Å². The van der Waals surface area contributed by atoms with Gasteiger partial charge in [-0.3, -0.25) is 9.59 Å². The first-order valence-electron chi connectivity index (χ1n) is 10.0. The van der Waals surface area contributed by atoms with E-state index < -0.39 is 22.9 Å². The van der Waals surface area contributed by atoms with E-state index in [0.29, 0.717) is 16.3 Å². The van der Waals surface area contributed by atoms with Crippen molar-refractivity contribution >= 4 is 46.6 Å². The van der Waals surface area contributed by atoms with Crippen molar-refractivity contribution in [3.8, 4) is 5.75 Å². The van der Waals surface area contributed by atoms with Gasteiger partial charge in [0.25, 0.3) is 5.91 Å². The molecule has 178 valence electrons. The molecule has 0 radical (unpaired) electrons. The molecule has 1 unspecified atom stereocenters. The third-order valence-electron chi connectivity index (χ3n) is 4.46. The van der Waals surface area contributed by atoms with Crippen LogP contribution in [0.1, 0.15) is 12.5 Å². The second-order valence-electron chi connectivity index (χ2n) is 7.12. The maximum Gasteiger partial charge on any atom is 0.416 e. The zero-order valence-electron chi connectivity index (χ0n) is 17.9. The molecule has 2 N–H and O–H groups in total. The van der Waals surface area contributed by atoms with Crippen LogP contribution in [0.4, 0.5) is 24.5 Å². The summed E-state index contributed by atoms with van der Waals surface area (Å²) >= 11 is 7.13. The summed E-state index contributed by atoms with van der Waals surface area (Å²) in [7, 11) is 0. The van der Waals surface area contributed by atoms with Crippen molar-refractivity contribution in [3.63, 3.8) is 0 Å². The largest absolute Gasteiger partial charge is 0.484 e. The number of thioether (sulfide) groups is 1. The van der Waals surface area contributed by atoms with Gasteiger partial charge in [-0.1, -0.05) is 35.9 Å². The van der Waals surface area contributed by atoms with Crippen molar-refractivity contribution < 1.29 is 27.5 Å². The molecule has 0 bridgehead atoms. The number of hydrogen-bond donors (Lipinski definition) is 2. The number of carbonyl (C=O) groups excluding carboxylic acids is 2. The number of benzene rings is 3. The maximum atomic E-state index is 12.9. The van der Waals surface area contributed by atoms with Crippen LogP contribution in [-0.4, -0.2) is 23.7 Å². The third kappa shape index (κ3) is 7.43. The third-order valence-corrected chi connectivity index (χ3v) is 5.89. The Bertz CT molecular complexity index is 1160. The van der Waals surface area contributed by atoms with Gasteiger partial charge < -0.3 is 15.4 Å². The van der Waals surface area contributed by atoms with Crippen LogP contribution < -0.4 is 15.4 Å². The molecule has 0 aliphatic carbocycles. The van der Waals surface area contributed by atoms with Crippen molar-refractivity contribution in [2.45, 2.75) is 23.2 Å². The second-order valence-corrected chi connectivity index (χ2v) is 8.94. The summed E-state index contributed by atoms with van der Waals surface area (Å²) < 4.78 is 44.3. The number of rotatable bonds is 8. The van der Waals surface area contributed by atoms with E-state index in [4.69, 9.17) is 16.3 Å². The molecule has 34 heavy (non-hydrogen) atoms. The lowest BCUT2D eigenvalue weighted by Gasteiger charge is -2.15. The van der Waals surface area contributed by atoms with Crippen LogP contribution >= 0.6 is 23.4 Å². The molecule has 0 aromatic heterocycles. The standard InChI is InChI=1S/C24H20ClF3N2O3S/c1-15(23(32)30-21-12-16(24(26,27)28)10-11-20(21)25)34-19-9-5-6-17(13-19)29-22(31)14-33-18-7-3-2-4-8-18/h2-13,15H,14H2,1H3,(H,29,31)(H,30,32). The molecule has 0 spiro atoms. The highest BCUT2D eigenvalue weighted by Gasteiger charge is 2.31. The van der Waals surface area contributed by atoms with Gasteiger partial charge >= 0.3 is 6.18 Å². The van der Waals surface area contributed by atoms with Crippen LogP contribution in [0.3, 0.4) is 0 Å². The number of halogens is 4. The predicted octanol–water partition coefficient (Wildman–Crippen LogP) is 6.50. The monoisotopic (exact) mass is 508 g/mol. The molecule has 3 rings (SSSR count). The van der Waals surface area contributed by atoms with Gasteiger partial charge in [-0.05, 0) is 55.5 Å². The summed E-state index contributed by atoms with van der Waals surface area (Å²) in [5, 5.41) is 4.51. The fraction of sp³-hybridized carbons (Fsp3) is 0.167. The molecule has 0 saturated heterocycles. The Balaban J connectivity index is 1.58. The van der Waals surface area contributed by atoms with Crippen LogP contribution in [0, 0.1) is 0 Å². The first-order chi connectivity index (χ1) is 16.1. The van der Waals surface area contributed by atoms with Crippen LogP contribution in [0.2, 0.25) is 5.02 Å². The van der Waals surface area contributed by atoms with Gasteiger partial charge in [0.1, 0.15) is 5.75 Å². The summed E-state index contributed by atoms with van der Waals surface area (Å²) in [6.07, 6.45) is -4.55. The molecular formula is C24H20ClF3N2O3S. The van der Waals surface area contributed by atoms with Crippen LogP contribution in [0.25, 0.3) is 0 Å². The van der Waals surface area contributed by atoms with Crippen LogP contribution in [-0.2, 0) is 15.8 Å². The Labute approximate surface area is 203 Å². The van der Waals surface area contributed by atoms with Crippen LogP contribution in [0.15, 0.2) is 77.7 Å². The van der Waals surface area contributed by atoms with Crippen molar-refractivity contribution in [2.24, 2.45) is 0 Å². The minimum atomic E-state index is -4.55. The van der Waals surface area contributed by atoms with Crippen molar-refractivity contribution in [1.29, 1.82) is 0 Å². The van der Waals surface area contributed by atoms with Gasteiger partial charge in [0.05, 0.1) is 21.5 Å². The first-order valence-corrected chi connectivity index (χ1v) is 11.3. The predicted molar refractivity (Wildman–Crippen MR) is 127 cm³/mol. The maximum absolute atomic E-state index is 12.9. The zero-order valence-corrected chi connectivity index (χ0v) is 19.4. The molecule has 0 heterocycles. The van der Waals surface area contributed by atoms with Crippen molar-refractivity contribution in [2.75, 3.05) is 17.2 Å². The summed E-state index contributed by atoms with van der Waals surface area (Å²) in [5.74, 6) is -0.296. The van der Waals surface area contributed by atoms with E-state index in [1.807, 2.05) is 6.07 Å². The molecule has 1 atom stereocenters. The fourth-order valence-corrected chi connectivity index (χ4v) is 3.89. The average Bonchev–Trinajstić information content (AvgIpc) is 2.79. The van der Waals surface area contributed by atoms with E-state index in [1.54, 1.807) is 55.5 Å². The fourth-order valence-electron chi connectivity index (χ4n) is 2.80. The molecule has 3 aromatic carbocycles. The molecule has 0 saturated carbocycles. The topological polar surface area (TPSA) is 67.4 Å². The number of anilines is 2. The highest BCUT2D eigenvalue weighted by Crippen LogP contribution is 2.34. The lowest BCUT2D eigenvalue weighted by Crippen LogP contribution is -2.23. The summed E-state index contributed by atoms with van der Waals surface area (Å²) in [5.41, 5.74) is -0.513. The SMILES string of the molecule is CC(Sc1cccc(NC(=O)COc2ccccc2)c1)C(=O)Nc1cc(C(F)(F)F)ccc1Cl. The van der Waals surface area contributed by atoms with Gasteiger partial charge in [0.15, 0.2) is 6.61 Å². The molecule has 0 aliphatic rings. The summed E-state index contributed by atoms with van der Waals surface area (Å²) in [6, 6.07) is 18.5. The molecule has 0 fully saturated rings. The highest BCUT2D eigenvalue weighted by atomic mass is 35.5. The van der Waals surface area contributed by atoms with Crippen molar-refractivity contribution in [3.05, 3.63) is 83.4 Å². The number of carbonyl (C=O) groups is 2. The lowest BCUT2D eigenvalue weighted by atomic mass is 10.2. The van der Waals surface area contributed by atoms with Gasteiger partial charge in [0.2, 0.25) is 5.91 Å². The molecular weight excluding hydrogens is 489 g/mol. The Hall–Kier alpha value is -3.17. The average molecular weight is 509 g/mol. The van der Waals surface area contributed by atoms with E-state index in [0.717, 1.165) is 18.2 Å². The Morgan fingerprint density at radius 1 is 1.00 bits per heavy atom. The molecule has 5 nitrogen and oxygen atoms in total. The molecule has 0 aliphatic heterocycles. The Morgan fingerprint density at radius 3 is 2.44 bits per heavy atom. The number of para-hydroxylation sites is 1. The van der Waals surface area contributed by atoms with E-state index in [-0.39, 0.29) is 23.2 Å². The second kappa shape index (κ2) is 11.3. The van der Waals surface area contributed by atoms with Crippen LogP contribution in [0.5, 0.6) is 5.75 Å². The summed E-state index contributed by atoms with van der Waals surface area (Å²) in [6.45, 7) is 1.44. The van der Waals surface area contributed by atoms with E-state index in [2.05, 4.69) is 10.6 Å². The number of nitrogens with one attached hydrogen (secondary N) is 2. The van der Waals surface area contributed by atoms with Gasteiger partial charge in [-0.25, -0.2) is 0 Å². The van der Waals surface area contributed by atoms with Crippen molar-refractivity contribution in [1.82, 2.24) is 0 Å². The number of hydrogen-bond acceptors (Lipinski definition) is 4. The normalized spacial score (nSPS) is 12.0. The zero-order chi connectivity index (χ0) is 24.7. The minimum absolute atomic E-state index is 0.000909. The van der Waals surface area contributed by atoms with E-state index >= 15 is 0 Å². The molecule has 2 amide bonds. The van der Waals surface area contributed by atoms with E-state index in [1.165, 1.54) is 11.8 Å². The highest BCUT2D eigenvalue weighted by molar-refractivity contribution is 8.00. The number of alkyl halides is 3. The Kier molecular flexibility index (Phi) is 8.46. The Morgan fingerprint density at radius 2 is 1.74 bits per heavy atom. The van der Waals surface area contributed by atoms with E-state index in [9.17, 15) is 22.8 Å². The number of amides is 2. The van der Waals surface area contributed by atoms with Gasteiger partial charge in [-0.15, -0.1) is 11.8 Å². The minimum Gasteiger partial charge on any atom is -0.484 e. The molecule has 3 aromatic rings. The molecule has 10 heteroatoms.